The van der Waals surface area contributed by atoms with Crippen LogP contribution >= 0.6 is 11.6 Å². The highest BCUT2D eigenvalue weighted by molar-refractivity contribution is 6.30. The van der Waals surface area contributed by atoms with E-state index in [0.29, 0.717) is 6.04 Å². The normalized spacial score (nSPS) is 17.3. The molecule has 0 saturated heterocycles. The van der Waals surface area contributed by atoms with E-state index in [1.807, 2.05) is 12.1 Å². The lowest BCUT2D eigenvalue weighted by molar-refractivity contribution is 0.709. The van der Waals surface area contributed by atoms with E-state index in [-0.39, 0.29) is 0 Å². The molecule has 0 saturated carbocycles. The molecule has 0 unspecified atom stereocenters. The molecule has 80 valence electrons. The molecule has 0 bridgehead atoms. The molecule has 15 heavy (non-hydrogen) atoms. The Morgan fingerprint density at radius 2 is 2.07 bits per heavy atom. The average Bonchev–Trinajstić information content (AvgIpc) is 2.71. The van der Waals surface area contributed by atoms with Crippen LogP contribution in [0.2, 0.25) is 5.02 Å². The van der Waals surface area contributed by atoms with Crippen LogP contribution in [0.3, 0.4) is 0 Å². The van der Waals surface area contributed by atoms with E-state index in [1.165, 1.54) is 12.0 Å². The first-order valence-electron chi connectivity index (χ1n) is 5.31. The van der Waals surface area contributed by atoms with Gasteiger partial charge in [-0.05, 0) is 31.0 Å². The maximum absolute atomic E-state index is 5.84. The number of amidine groups is 1. The fourth-order valence-corrected chi connectivity index (χ4v) is 1.87. The Morgan fingerprint density at radius 3 is 2.67 bits per heavy atom. The van der Waals surface area contributed by atoms with Gasteiger partial charge in [0.2, 0.25) is 0 Å². The Labute approximate surface area is 95.4 Å². The van der Waals surface area contributed by atoms with Gasteiger partial charge in [0.05, 0.1) is 5.84 Å². The molecule has 1 aromatic carbocycles. The summed E-state index contributed by atoms with van der Waals surface area (Å²) < 4.78 is 0. The molecule has 1 N–H and O–H groups in total. The number of benzene rings is 1. The summed E-state index contributed by atoms with van der Waals surface area (Å²) in [6, 6.07) is 8.25. The third-order valence-electron chi connectivity index (χ3n) is 2.63. The van der Waals surface area contributed by atoms with Gasteiger partial charge in [-0.2, -0.15) is 0 Å². The second kappa shape index (κ2) is 4.67. The van der Waals surface area contributed by atoms with Crippen LogP contribution in [0.4, 0.5) is 0 Å². The molecule has 0 radical (unpaired) electrons. The monoisotopic (exact) mass is 222 g/mol. The van der Waals surface area contributed by atoms with Crippen molar-refractivity contribution < 1.29 is 0 Å². The van der Waals surface area contributed by atoms with E-state index in [9.17, 15) is 0 Å². The fraction of sp³-hybridized carbons (Fsp3) is 0.417. The van der Waals surface area contributed by atoms with Gasteiger partial charge in [-0.15, -0.1) is 0 Å². The van der Waals surface area contributed by atoms with Crippen molar-refractivity contribution in [2.24, 2.45) is 4.99 Å². The molecule has 1 aliphatic rings. The standard InChI is InChI=1S/C12H15ClN2/c1-9(15-12-3-2-8-14-12)10-4-6-11(13)7-5-10/h4-7,9H,2-3,8H2,1H3,(H,14,15)/t9-/m1/s1. The number of nitrogens with zero attached hydrogens (tertiary/aromatic N) is 1. The SMILES string of the molecule is C[C@@H](NC1=NCCC1)c1ccc(Cl)cc1. The summed E-state index contributed by atoms with van der Waals surface area (Å²) in [7, 11) is 0. The Kier molecular flexibility index (Phi) is 3.27. The summed E-state index contributed by atoms with van der Waals surface area (Å²) in [6.45, 7) is 3.11. The molecule has 1 aliphatic heterocycles. The number of nitrogens with one attached hydrogen (secondary N) is 1. The van der Waals surface area contributed by atoms with Gasteiger partial charge in [0.15, 0.2) is 0 Å². The molecular weight excluding hydrogens is 208 g/mol. The summed E-state index contributed by atoms with van der Waals surface area (Å²) in [6.07, 6.45) is 2.26. The maximum atomic E-state index is 5.84. The van der Waals surface area contributed by atoms with E-state index >= 15 is 0 Å². The highest BCUT2D eigenvalue weighted by atomic mass is 35.5. The van der Waals surface area contributed by atoms with Gasteiger partial charge in [0.25, 0.3) is 0 Å². The van der Waals surface area contributed by atoms with Crippen LogP contribution in [0.15, 0.2) is 29.3 Å². The highest BCUT2D eigenvalue weighted by Gasteiger charge is 2.10. The largest absolute Gasteiger partial charge is 0.367 e. The molecule has 3 heteroatoms. The molecule has 0 spiro atoms. The van der Waals surface area contributed by atoms with Crippen LogP contribution < -0.4 is 5.32 Å². The summed E-state index contributed by atoms with van der Waals surface area (Å²) in [4.78, 5) is 4.40. The Morgan fingerprint density at radius 1 is 1.33 bits per heavy atom. The summed E-state index contributed by atoms with van der Waals surface area (Å²) >= 11 is 5.84. The van der Waals surface area contributed by atoms with Gasteiger partial charge in [-0.3, -0.25) is 4.99 Å². The number of aliphatic imine (C=N–C) groups is 1. The first-order chi connectivity index (χ1) is 7.25. The van der Waals surface area contributed by atoms with Crippen molar-refractivity contribution in [2.75, 3.05) is 6.54 Å². The van der Waals surface area contributed by atoms with Gasteiger partial charge in [-0.25, -0.2) is 0 Å². The maximum Gasteiger partial charge on any atom is 0.0968 e. The summed E-state index contributed by atoms with van der Waals surface area (Å²) in [5.74, 6) is 1.14. The van der Waals surface area contributed by atoms with Crippen LogP contribution in [0.1, 0.15) is 31.4 Å². The van der Waals surface area contributed by atoms with Crippen molar-refractivity contribution in [2.45, 2.75) is 25.8 Å². The lowest BCUT2D eigenvalue weighted by Crippen LogP contribution is -2.24. The lowest BCUT2D eigenvalue weighted by atomic mass is 10.1. The molecular formula is C12H15ClN2. The van der Waals surface area contributed by atoms with Crippen molar-refractivity contribution in [3.63, 3.8) is 0 Å². The summed E-state index contributed by atoms with van der Waals surface area (Å²) in [5.41, 5.74) is 1.24. The zero-order valence-corrected chi connectivity index (χ0v) is 9.59. The Hall–Kier alpha value is -1.02. The number of halogens is 1. The number of hydrogen-bond acceptors (Lipinski definition) is 2. The molecule has 2 nitrogen and oxygen atoms in total. The van der Waals surface area contributed by atoms with Crippen molar-refractivity contribution in [3.8, 4) is 0 Å². The minimum atomic E-state index is 0.305. The minimum absolute atomic E-state index is 0.305. The lowest BCUT2D eigenvalue weighted by Gasteiger charge is -2.15. The van der Waals surface area contributed by atoms with Gasteiger partial charge >= 0.3 is 0 Å². The molecule has 0 aliphatic carbocycles. The fourth-order valence-electron chi connectivity index (χ4n) is 1.74. The molecule has 2 rings (SSSR count). The highest BCUT2D eigenvalue weighted by Crippen LogP contribution is 2.17. The van der Waals surface area contributed by atoms with Crippen LogP contribution in [0.25, 0.3) is 0 Å². The predicted molar refractivity (Wildman–Crippen MR) is 64.5 cm³/mol. The van der Waals surface area contributed by atoms with Crippen molar-refractivity contribution in [1.29, 1.82) is 0 Å². The van der Waals surface area contributed by atoms with E-state index < -0.39 is 0 Å². The summed E-state index contributed by atoms with van der Waals surface area (Å²) in [5, 5.41) is 4.20. The molecule has 0 fully saturated rings. The van der Waals surface area contributed by atoms with Crippen molar-refractivity contribution in [1.82, 2.24) is 5.32 Å². The minimum Gasteiger partial charge on any atom is -0.367 e. The third kappa shape index (κ3) is 2.72. The molecule has 1 heterocycles. The molecule has 0 aromatic heterocycles. The van der Waals surface area contributed by atoms with Gasteiger partial charge < -0.3 is 5.32 Å². The van der Waals surface area contributed by atoms with Crippen molar-refractivity contribution in [3.05, 3.63) is 34.9 Å². The zero-order valence-electron chi connectivity index (χ0n) is 8.83. The van der Waals surface area contributed by atoms with E-state index in [1.54, 1.807) is 0 Å². The predicted octanol–water partition coefficient (Wildman–Crippen LogP) is 3.18. The van der Waals surface area contributed by atoms with Crippen LogP contribution in [-0.2, 0) is 0 Å². The average molecular weight is 223 g/mol. The Balaban J connectivity index is 2.00. The van der Waals surface area contributed by atoms with Crippen LogP contribution in [0.5, 0.6) is 0 Å². The van der Waals surface area contributed by atoms with Crippen molar-refractivity contribution >= 4 is 17.4 Å². The van der Waals surface area contributed by atoms with E-state index in [4.69, 9.17) is 11.6 Å². The topological polar surface area (TPSA) is 24.4 Å². The number of rotatable bonds is 2. The van der Waals surface area contributed by atoms with E-state index in [0.717, 1.165) is 23.8 Å². The molecule has 1 aromatic rings. The van der Waals surface area contributed by atoms with Gasteiger partial charge in [0, 0.05) is 24.0 Å². The van der Waals surface area contributed by atoms with Crippen LogP contribution in [0, 0.1) is 0 Å². The van der Waals surface area contributed by atoms with Gasteiger partial charge in [-0.1, -0.05) is 23.7 Å². The third-order valence-corrected chi connectivity index (χ3v) is 2.88. The Bertz CT molecular complexity index is 356. The second-order valence-corrected chi connectivity index (χ2v) is 4.29. The number of hydrogen-bond donors (Lipinski definition) is 1. The molecule has 1 atom stereocenters. The van der Waals surface area contributed by atoms with Crippen LogP contribution in [-0.4, -0.2) is 12.4 Å². The molecule has 0 amide bonds. The first-order valence-corrected chi connectivity index (χ1v) is 5.69. The second-order valence-electron chi connectivity index (χ2n) is 3.85. The smallest absolute Gasteiger partial charge is 0.0968 e. The quantitative estimate of drug-likeness (QED) is 0.817. The first kappa shape index (κ1) is 10.5. The van der Waals surface area contributed by atoms with Gasteiger partial charge in [0.1, 0.15) is 0 Å². The zero-order chi connectivity index (χ0) is 10.7. The van der Waals surface area contributed by atoms with E-state index in [2.05, 4.69) is 29.4 Å².